The first-order chi connectivity index (χ1) is 7.15. The number of carbonyl (C=O) groups is 1. The predicted molar refractivity (Wildman–Crippen MR) is 59.3 cm³/mol. The molecule has 0 aromatic heterocycles. The number of primary amides is 1. The Kier molecular flexibility index (Phi) is 4.23. The number of alkyl halides is 1. The zero-order valence-corrected chi connectivity index (χ0v) is 9.29. The van der Waals surface area contributed by atoms with Crippen LogP contribution in [0.15, 0.2) is 23.3 Å². The standard InChI is InChI=1S/C9H9BrFN3O/c10-4-6-2-1-3-8(11)7(6)5-13-14-9(12)15/h1-3,5H,4H2,(H3,12,14,15). The van der Waals surface area contributed by atoms with Gasteiger partial charge in [0, 0.05) is 10.9 Å². The Morgan fingerprint density at radius 3 is 3.00 bits per heavy atom. The van der Waals surface area contributed by atoms with E-state index in [0.29, 0.717) is 10.9 Å². The number of rotatable bonds is 3. The monoisotopic (exact) mass is 273 g/mol. The van der Waals surface area contributed by atoms with Crippen molar-refractivity contribution in [3.8, 4) is 0 Å². The minimum Gasteiger partial charge on any atom is -0.350 e. The number of urea groups is 1. The number of hydrogen-bond acceptors (Lipinski definition) is 2. The summed E-state index contributed by atoms with van der Waals surface area (Å²) in [6.45, 7) is 0. The van der Waals surface area contributed by atoms with Crippen LogP contribution in [0.5, 0.6) is 0 Å². The lowest BCUT2D eigenvalue weighted by Crippen LogP contribution is -2.24. The quantitative estimate of drug-likeness (QED) is 0.492. The lowest BCUT2D eigenvalue weighted by Gasteiger charge is -2.02. The van der Waals surface area contributed by atoms with Gasteiger partial charge in [-0.3, -0.25) is 0 Å². The van der Waals surface area contributed by atoms with Gasteiger partial charge in [0.25, 0.3) is 0 Å². The molecule has 80 valence electrons. The highest BCUT2D eigenvalue weighted by Gasteiger charge is 2.04. The Bertz CT molecular complexity index is 395. The average molecular weight is 274 g/mol. The number of halogens is 2. The van der Waals surface area contributed by atoms with Crippen LogP contribution in [-0.2, 0) is 5.33 Å². The summed E-state index contributed by atoms with van der Waals surface area (Å²) in [6.07, 6.45) is 1.22. The summed E-state index contributed by atoms with van der Waals surface area (Å²) in [7, 11) is 0. The molecule has 1 rings (SSSR count). The molecule has 0 aliphatic carbocycles. The van der Waals surface area contributed by atoms with Gasteiger partial charge in [0.2, 0.25) is 0 Å². The van der Waals surface area contributed by atoms with E-state index in [9.17, 15) is 9.18 Å². The molecular formula is C9H9BrFN3O. The third kappa shape index (κ3) is 3.32. The van der Waals surface area contributed by atoms with Crippen molar-refractivity contribution < 1.29 is 9.18 Å². The van der Waals surface area contributed by atoms with Crippen molar-refractivity contribution in [2.75, 3.05) is 0 Å². The molecule has 3 N–H and O–H groups in total. The van der Waals surface area contributed by atoms with Gasteiger partial charge in [0.1, 0.15) is 5.82 Å². The minimum atomic E-state index is -0.789. The van der Waals surface area contributed by atoms with Crippen molar-refractivity contribution in [2.45, 2.75) is 5.33 Å². The van der Waals surface area contributed by atoms with Crippen molar-refractivity contribution in [3.63, 3.8) is 0 Å². The van der Waals surface area contributed by atoms with E-state index >= 15 is 0 Å². The van der Waals surface area contributed by atoms with Crippen LogP contribution >= 0.6 is 15.9 Å². The molecule has 0 heterocycles. The minimum absolute atomic E-state index is 0.322. The first-order valence-electron chi connectivity index (χ1n) is 4.07. The van der Waals surface area contributed by atoms with Crippen molar-refractivity contribution in [2.24, 2.45) is 10.8 Å². The molecule has 0 atom stereocenters. The molecule has 0 bridgehead atoms. The molecule has 0 radical (unpaired) electrons. The highest BCUT2D eigenvalue weighted by Crippen LogP contribution is 2.14. The number of benzene rings is 1. The number of amides is 2. The van der Waals surface area contributed by atoms with Crippen LogP contribution in [0, 0.1) is 5.82 Å². The summed E-state index contributed by atoms with van der Waals surface area (Å²) < 4.78 is 13.3. The van der Waals surface area contributed by atoms with Gasteiger partial charge in [-0.1, -0.05) is 28.1 Å². The molecule has 0 saturated carbocycles. The van der Waals surface area contributed by atoms with Gasteiger partial charge in [-0.25, -0.2) is 14.6 Å². The van der Waals surface area contributed by atoms with Gasteiger partial charge < -0.3 is 5.73 Å². The smallest absolute Gasteiger partial charge is 0.332 e. The number of nitrogens with zero attached hydrogens (tertiary/aromatic N) is 1. The summed E-state index contributed by atoms with van der Waals surface area (Å²) >= 11 is 3.22. The van der Waals surface area contributed by atoms with E-state index in [4.69, 9.17) is 5.73 Å². The Morgan fingerprint density at radius 2 is 2.40 bits per heavy atom. The molecule has 0 aliphatic rings. The number of carbonyl (C=O) groups excluding carboxylic acids is 1. The van der Waals surface area contributed by atoms with E-state index in [0.717, 1.165) is 5.56 Å². The maximum atomic E-state index is 13.3. The van der Waals surface area contributed by atoms with Crippen molar-refractivity contribution in [3.05, 3.63) is 35.1 Å². The normalized spacial score (nSPS) is 10.5. The molecule has 6 heteroatoms. The average Bonchev–Trinajstić information content (AvgIpc) is 2.20. The van der Waals surface area contributed by atoms with E-state index in [2.05, 4.69) is 21.0 Å². The first kappa shape index (κ1) is 11.6. The molecule has 4 nitrogen and oxygen atoms in total. The van der Waals surface area contributed by atoms with Crippen molar-refractivity contribution in [1.82, 2.24) is 5.43 Å². The summed E-state index contributed by atoms with van der Waals surface area (Å²) in [5.41, 5.74) is 7.86. The van der Waals surface area contributed by atoms with E-state index in [1.165, 1.54) is 12.3 Å². The number of hydrogen-bond donors (Lipinski definition) is 2. The Morgan fingerprint density at radius 1 is 1.67 bits per heavy atom. The second-order valence-corrected chi connectivity index (χ2v) is 3.24. The zero-order chi connectivity index (χ0) is 11.3. The summed E-state index contributed by atoms with van der Waals surface area (Å²) in [5.74, 6) is -0.401. The fourth-order valence-corrected chi connectivity index (χ4v) is 1.49. The molecule has 0 fully saturated rings. The Hall–Kier alpha value is -1.43. The lowest BCUT2D eigenvalue weighted by molar-refractivity contribution is 0.249. The topological polar surface area (TPSA) is 67.5 Å². The third-order valence-electron chi connectivity index (χ3n) is 1.66. The van der Waals surface area contributed by atoms with Gasteiger partial charge in [-0.05, 0) is 11.6 Å². The van der Waals surface area contributed by atoms with Crippen LogP contribution in [-0.4, -0.2) is 12.2 Å². The molecule has 0 saturated heterocycles. The second-order valence-electron chi connectivity index (χ2n) is 2.68. The highest BCUT2D eigenvalue weighted by atomic mass is 79.9. The lowest BCUT2D eigenvalue weighted by atomic mass is 10.1. The third-order valence-corrected chi connectivity index (χ3v) is 2.26. The second kappa shape index (κ2) is 5.45. The largest absolute Gasteiger partial charge is 0.350 e. The van der Waals surface area contributed by atoms with Crippen molar-refractivity contribution in [1.29, 1.82) is 0 Å². The molecule has 15 heavy (non-hydrogen) atoms. The summed E-state index contributed by atoms with van der Waals surface area (Å²) in [5, 5.41) is 4.00. The molecule has 2 amide bonds. The van der Waals surface area contributed by atoms with E-state index in [1.807, 2.05) is 5.43 Å². The van der Waals surface area contributed by atoms with Crippen LogP contribution in [0.3, 0.4) is 0 Å². The van der Waals surface area contributed by atoms with Gasteiger partial charge in [-0.2, -0.15) is 5.10 Å². The molecule has 0 aliphatic heterocycles. The maximum absolute atomic E-state index is 13.3. The molecular weight excluding hydrogens is 265 g/mol. The van der Waals surface area contributed by atoms with E-state index < -0.39 is 11.8 Å². The van der Waals surface area contributed by atoms with Crippen LogP contribution in [0.4, 0.5) is 9.18 Å². The first-order valence-corrected chi connectivity index (χ1v) is 5.19. The van der Waals surface area contributed by atoms with Crippen LogP contribution in [0.2, 0.25) is 0 Å². The summed E-state index contributed by atoms with van der Waals surface area (Å²) in [4.78, 5) is 10.3. The van der Waals surface area contributed by atoms with Gasteiger partial charge in [0.05, 0.1) is 6.21 Å². The van der Waals surface area contributed by atoms with Gasteiger partial charge in [-0.15, -0.1) is 0 Å². The summed E-state index contributed by atoms with van der Waals surface area (Å²) in [6, 6.07) is 3.88. The number of nitrogens with two attached hydrogens (primary N) is 1. The SMILES string of the molecule is NC(=O)NN=Cc1c(F)cccc1CBr. The predicted octanol–water partition coefficient (Wildman–Crippen LogP) is 1.72. The Balaban J connectivity index is 2.92. The van der Waals surface area contributed by atoms with Crippen LogP contribution in [0.25, 0.3) is 0 Å². The fraction of sp³-hybridized carbons (Fsp3) is 0.111. The zero-order valence-electron chi connectivity index (χ0n) is 7.71. The molecule has 0 spiro atoms. The number of hydrazone groups is 1. The maximum Gasteiger partial charge on any atom is 0.332 e. The van der Waals surface area contributed by atoms with Crippen LogP contribution < -0.4 is 11.2 Å². The van der Waals surface area contributed by atoms with E-state index in [1.54, 1.807) is 12.1 Å². The molecule has 1 aromatic carbocycles. The molecule has 1 aromatic rings. The number of nitrogens with one attached hydrogen (secondary N) is 1. The molecule has 0 unspecified atom stereocenters. The highest BCUT2D eigenvalue weighted by molar-refractivity contribution is 9.08. The van der Waals surface area contributed by atoms with Crippen molar-refractivity contribution >= 4 is 28.2 Å². The van der Waals surface area contributed by atoms with E-state index in [-0.39, 0.29) is 0 Å². The fourth-order valence-electron chi connectivity index (χ4n) is 1.00. The van der Waals surface area contributed by atoms with Gasteiger partial charge >= 0.3 is 6.03 Å². The Labute approximate surface area is 94.5 Å². The van der Waals surface area contributed by atoms with Gasteiger partial charge in [0.15, 0.2) is 0 Å². The van der Waals surface area contributed by atoms with Crippen LogP contribution in [0.1, 0.15) is 11.1 Å².